The molecule has 1 fully saturated rings. The van der Waals surface area contributed by atoms with Gasteiger partial charge in [0.1, 0.15) is 21.9 Å². The number of likely N-dealkylation sites (tertiary alicyclic amines) is 1. The fraction of sp³-hybridized carbons (Fsp3) is 0.357. The number of halogens is 1. The van der Waals surface area contributed by atoms with Crippen molar-refractivity contribution in [3.05, 3.63) is 23.4 Å². The number of hydrogen-bond acceptors (Lipinski definition) is 6. The summed E-state index contributed by atoms with van der Waals surface area (Å²) in [6.07, 6.45) is 0.846. The molecule has 2 aromatic heterocycles. The molecule has 0 radical (unpaired) electrons. The maximum Gasteiger partial charge on any atom is 0.323 e. The molecule has 0 aromatic carbocycles. The van der Waals surface area contributed by atoms with Crippen molar-refractivity contribution in [3.63, 3.8) is 0 Å². The summed E-state index contributed by atoms with van der Waals surface area (Å²) in [4.78, 5) is 28.3. The Balaban J connectivity index is 1.82. The lowest BCUT2D eigenvalue weighted by molar-refractivity contribution is -0.146. The number of rotatable bonds is 5. The van der Waals surface area contributed by atoms with Crippen molar-refractivity contribution in [2.75, 3.05) is 13.1 Å². The number of carbonyl (C=O) groups is 2. The van der Waals surface area contributed by atoms with Gasteiger partial charge in [-0.25, -0.2) is 13.4 Å². The first-order valence-corrected chi connectivity index (χ1v) is 10.0. The standard InChI is InChI=1S/C14H14ClN3O5S2/c15-11-4-3-10-9(16-11)6-13(24-10)25(22,23)17-8-2-1-5-18(14(8)21)7-12(19)20/h3-4,6,8,17H,1-2,5,7H2,(H,19,20)/t8-/m0/s1. The van der Waals surface area contributed by atoms with Crippen molar-refractivity contribution in [2.24, 2.45) is 0 Å². The molecule has 8 nitrogen and oxygen atoms in total. The number of carboxylic acids is 1. The van der Waals surface area contributed by atoms with Crippen LogP contribution in [0, 0.1) is 0 Å². The van der Waals surface area contributed by atoms with Gasteiger partial charge < -0.3 is 10.0 Å². The van der Waals surface area contributed by atoms with Crippen LogP contribution in [0.2, 0.25) is 5.15 Å². The van der Waals surface area contributed by atoms with E-state index in [4.69, 9.17) is 16.7 Å². The van der Waals surface area contributed by atoms with Crippen molar-refractivity contribution in [1.82, 2.24) is 14.6 Å². The summed E-state index contributed by atoms with van der Waals surface area (Å²) in [6, 6.07) is 3.67. The van der Waals surface area contributed by atoms with Crippen molar-refractivity contribution in [3.8, 4) is 0 Å². The molecule has 0 spiro atoms. The van der Waals surface area contributed by atoms with Gasteiger partial charge in [-0.3, -0.25) is 9.59 Å². The molecular formula is C14H14ClN3O5S2. The number of hydrogen-bond donors (Lipinski definition) is 2. The van der Waals surface area contributed by atoms with Crippen molar-refractivity contribution >= 4 is 55.1 Å². The zero-order valence-corrected chi connectivity index (χ0v) is 15.2. The van der Waals surface area contributed by atoms with Crippen LogP contribution in [0.25, 0.3) is 10.2 Å². The molecule has 1 atom stereocenters. The average Bonchev–Trinajstić information content (AvgIpc) is 2.94. The highest BCUT2D eigenvalue weighted by Gasteiger charge is 2.33. The lowest BCUT2D eigenvalue weighted by Crippen LogP contribution is -2.53. The zero-order valence-electron chi connectivity index (χ0n) is 12.8. The number of carboxylic acid groups (broad SMARTS) is 1. The predicted molar refractivity (Wildman–Crippen MR) is 92.2 cm³/mol. The minimum absolute atomic E-state index is 0.0282. The molecule has 25 heavy (non-hydrogen) atoms. The number of carbonyl (C=O) groups excluding carboxylic acids is 1. The Hall–Kier alpha value is -1.75. The summed E-state index contributed by atoms with van der Waals surface area (Å²) in [7, 11) is -3.93. The Kier molecular flexibility index (Phi) is 4.96. The van der Waals surface area contributed by atoms with Crippen molar-refractivity contribution < 1.29 is 23.1 Å². The number of fused-ring (bicyclic) bond motifs is 1. The molecule has 1 saturated heterocycles. The monoisotopic (exact) mass is 403 g/mol. The first-order chi connectivity index (χ1) is 11.8. The van der Waals surface area contributed by atoms with Gasteiger partial charge in [0.05, 0.1) is 10.2 Å². The molecule has 2 N–H and O–H groups in total. The maximum atomic E-state index is 12.6. The number of aliphatic carboxylic acids is 1. The number of pyridine rings is 1. The van der Waals surface area contributed by atoms with Gasteiger partial charge in [-0.1, -0.05) is 11.6 Å². The van der Waals surface area contributed by atoms with E-state index < -0.39 is 34.5 Å². The van der Waals surface area contributed by atoms with Crippen LogP contribution in [-0.2, 0) is 19.6 Å². The van der Waals surface area contributed by atoms with Crippen LogP contribution in [-0.4, -0.2) is 54.4 Å². The van der Waals surface area contributed by atoms with E-state index in [-0.39, 0.29) is 9.36 Å². The number of nitrogens with zero attached hydrogens (tertiary/aromatic N) is 2. The molecule has 1 aliphatic heterocycles. The zero-order chi connectivity index (χ0) is 18.2. The summed E-state index contributed by atoms with van der Waals surface area (Å²) < 4.78 is 28.2. The average molecular weight is 404 g/mol. The molecule has 2 aromatic rings. The number of thiophene rings is 1. The van der Waals surface area contributed by atoms with Crippen LogP contribution in [0.1, 0.15) is 12.8 Å². The lowest BCUT2D eigenvalue weighted by atomic mass is 10.1. The Morgan fingerprint density at radius 3 is 2.96 bits per heavy atom. The van der Waals surface area contributed by atoms with E-state index in [9.17, 15) is 18.0 Å². The number of amides is 1. The Labute approximate surface area is 152 Å². The molecule has 0 saturated carbocycles. The fourth-order valence-electron chi connectivity index (χ4n) is 2.62. The second kappa shape index (κ2) is 6.87. The smallest absolute Gasteiger partial charge is 0.323 e. The van der Waals surface area contributed by atoms with E-state index in [0.29, 0.717) is 29.6 Å². The highest BCUT2D eigenvalue weighted by Crippen LogP contribution is 2.29. The molecule has 3 heterocycles. The minimum Gasteiger partial charge on any atom is -0.480 e. The number of piperidine rings is 1. The molecule has 1 aliphatic rings. The molecule has 0 unspecified atom stereocenters. The highest BCUT2D eigenvalue weighted by molar-refractivity contribution is 7.91. The van der Waals surface area contributed by atoms with Crippen LogP contribution >= 0.6 is 22.9 Å². The van der Waals surface area contributed by atoms with Gasteiger partial charge >= 0.3 is 5.97 Å². The first kappa shape index (κ1) is 18.1. The molecule has 134 valence electrons. The first-order valence-electron chi connectivity index (χ1n) is 7.35. The Morgan fingerprint density at radius 1 is 1.48 bits per heavy atom. The number of aromatic nitrogens is 1. The molecule has 3 rings (SSSR count). The quantitative estimate of drug-likeness (QED) is 0.727. The van der Waals surface area contributed by atoms with Crippen LogP contribution < -0.4 is 4.72 Å². The Bertz CT molecular complexity index is 943. The SMILES string of the molecule is O=C(O)CN1CCC[C@H](NS(=O)(=O)c2cc3nc(Cl)ccc3s2)C1=O. The van der Waals surface area contributed by atoms with Gasteiger partial charge in [0, 0.05) is 6.54 Å². The third-order valence-electron chi connectivity index (χ3n) is 3.74. The summed E-state index contributed by atoms with van der Waals surface area (Å²) in [6.45, 7) is -0.142. The number of nitrogens with one attached hydrogen (secondary N) is 1. The molecule has 0 aliphatic carbocycles. The van der Waals surface area contributed by atoms with Crippen molar-refractivity contribution in [1.29, 1.82) is 0 Å². The second-order valence-corrected chi connectivity index (χ2v) is 8.96. The van der Waals surface area contributed by atoms with Crippen LogP contribution in [0.3, 0.4) is 0 Å². The second-order valence-electron chi connectivity index (χ2n) is 5.55. The van der Waals surface area contributed by atoms with E-state index in [1.54, 1.807) is 12.1 Å². The normalized spacial score (nSPS) is 18.7. The summed E-state index contributed by atoms with van der Waals surface area (Å²) in [5, 5.41) is 9.09. The van der Waals surface area contributed by atoms with E-state index in [0.717, 1.165) is 16.2 Å². The lowest BCUT2D eigenvalue weighted by Gasteiger charge is -2.31. The van der Waals surface area contributed by atoms with Crippen LogP contribution in [0.15, 0.2) is 22.4 Å². The third-order valence-corrected chi connectivity index (χ3v) is 6.98. The summed E-state index contributed by atoms with van der Waals surface area (Å²) in [5.74, 6) is -1.66. The van der Waals surface area contributed by atoms with Gasteiger partial charge in [0.25, 0.3) is 10.0 Å². The maximum absolute atomic E-state index is 12.6. The topological polar surface area (TPSA) is 117 Å². The van der Waals surface area contributed by atoms with Crippen LogP contribution in [0.5, 0.6) is 0 Å². The largest absolute Gasteiger partial charge is 0.480 e. The van der Waals surface area contributed by atoms with E-state index in [2.05, 4.69) is 9.71 Å². The van der Waals surface area contributed by atoms with E-state index >= 15 is 0 Å². The van der Waals surface area contributed by atoms with E-state index in [1.165, 1.54) is 6.07 Å². The predicted octanol–water partition coefficient (Wildman–Crippen LogP) is 1.30. The van der Waals surface area contributed by atoms with Gasteiger partial charge in [0.2, 0.25) is 5.91 Å². The minimum atomic E-state index is -3.93. The molecule has 1 amide bonds. The molecule has 11 heteroatoms. The summed E-state index contributed by atoms with van der Waals surface area (Å²) >= 11 is 6.83. The van der Waals surface area contributed by atoms with Gasteiger partial charge in [-0.15, -0.1) is 11.3 Å². The van der Waals surface area contributed by atoms with Gasteiger partial charge in [-0.2, -0.15) is 4.72 Å². The van der Waals surface area contributed by atoms with Gasteiger partial charge in [-0.05, 0) is 31.0 Å². The fourth-order valence-corrected chi connectivity index (χ4v) is 5.34. The molecular weight excluding hydrogens is 390 g/mol. The van der Waals surface area contributed by atoms with Gasteiger partial charge in [0.15, 0.2) is 0 Å². The summed E-state index contributed by atoms with van der Waals surface area (Å²) in [5.41, 5.74) is 0.459. The number of sulfonamides is 1. The van der Waals surface area contributed by atoms with Crippen molar-refractivity contribution in [2.45, 2.75) is 23.1 Å². The van der Waals surface area contributed by atoms with Crippen LogP contribution in [0.4, 0.5) is 0 Å². The molecule has 0 bridgehead atoms. The Morgan fingerprint density at radius 2 is 2.24 bits per heavy atom. The van der Waals surface area contributed by atoms with E-state index in [1.807, 2.05) is 0 Å². The highest BCUT2D eigenvalue weighted by atomic mass is 35.5. The third kappa shape index (κ3) is 3.92.